The molecule has 0 fully saturated rings. The molecule has 0 aliphatic rings. The fraction of sp³-hybridized carbons (Fsp3) is 0.111. The highest BCUT2D eigenvalue weighted by atomic mass is 32.2. The highest BCUT2D eigenvalue weighted by Crippen LogP contribution is 2.22. The summed E-state index contributed by atoms with van der Waals surface area (Å²) in [5.74, 6) is 0. The van der Waals surface area contributed by atoms with Crippen molar-refractivity contribution in [1.82, 2.24) is 10.1 Å². The third kappa shape index (κ3) is 1.72. The second kappa shape index (κ2) is 3.62. The van der Waals surface area contributed by atoms with Crippen molar-refractivity contribution in [3.63, 3.8) is 0 Å². The van der Waals surface area contributed by atoms with E-state index < -0.39 is 0 Å². The summed E-state index contributed by atoms with van der Waals surface area (Å²) >= 11 is 1.53. The van der Waals surface area contributed by atoms with Gasteiger partial charge in [0.15, 0.2) is 5.09 Å². The van der Waals surface area contributed by atoms with E-state index in [1.165, 1.54) is 11.8 Å². The zero-order chi connectivity index (χ0) is 9.10. The second-order valence-corrected chi connectivity index (χ2v) is 3.29. The van der Waals surface area contributed by atoms with Crippen molar-refractivity contribution in [2.24, 2.45) is 0 Å². The number of aromatic nitrogens is 2. The minimum atomic E-state index is 0.818. The van der Waals surface area contributed by atoms with Gasteiger partial charge in [-0.05, 0) is 18.4 Å². The minimum absolute atomic E-state index is 0.818. The Morgan fingerprint density at radius 3 is 3.00 bits per heavy atom. The van der Waals surface area contributed by atoms with E-state index in [0.717, 1.165) is 16.3 Å². The predicted molar refractivity (Wildman–Crippen MR) is 51.5 cm³/mol. The lowest BCUT2D eigenvalue weighted by atomic mass is 10.2. The Kier molecular flexibility index (Phi) is 2.31. The molecule has 2 aromatic rings. The topological polar surface area (TPSA) is 38.9 Å². The fourth-order valence-electron chi connectivity index (χ4n) is 1.01. The lowest BCUT2D eigenvalue weighted by Crippen LogP contribution is -1.76. The van der Waals surface area contributed by atoms with Crippen LogP contribution in [0.3, 0.4) is 0 Å². The van der Waals surface area contributed by atoms with E-state index >= 15 is 0 Å². The molecule has 0 atom stereocenters. The molecule has 0 unspecified atom stereocenters. The van der Waals surface area contributed by atoms with Crippen molar-refractivity contribution < 1.29 is 4.52 Å². The molecule has 4 heteroatoms. The number of rotatable bonds is 2. The molecule has 2 aromatic heterocycles. The minimum Gasteiger partial charge on any atom is -0.349 e. The largest absolute Gasteiger partial charge is 0.349 e. The van der Waals surface area contributed by atoms with E-state index in [9.17, 15) is 0 Å². The summed E-state index contributed by atoms with van der Waals surface area (Å²) in [5, 5.41) is 4.74. The monoisotopic (exact) mass is 192 g/mol. The number of thioether (sulfide) groups is 1. The molecule has 2 heterocycles. The first-order valence-corrected chi connectivity index (χ1v) is 5.04. The lowest BCUT2D eigenvalue weighted by Gasteiger charge is -1.90. The Morgan fingerprint density at radius 2 is 2.38 bits per heavy atom. The molecule has 0 aliphatic heterocycles. The van der Waals surface area contributed by atoms with Gasteiger partial charge >= 0.3 is 0 Å². The van der Waals surface area contributed by atoms with Crippen molar-refractivity contribution in [3.05, 3.63) is 30.6 Å². The van der Waals surface area contributed by atoms with Crippen LogP contribution in [-0.4, -0.2) is 16.4 Å². The van der Waals surface area contributed by atoms with E-state index in [4.69, 9.17) is 4.52 Å². The van der Waals surface area contributed by atoms with Crippen LogP contribution in [0, 0.1) is 0 Å². The summed E-state index contributed by atoms with van der Waals surface area (Å²) in [6.07, 6.45) is 5.45. The molecule has 0 saturated heterocycles. The fourth-order valence-corrected chi connectivity index (χ4v) is 1.35. The maximum absolute atomic E-state index is 5.05. The lowest BCUT2D eigenvalue weighted by molar-refractivity contribution is 0.352. The zero-order valence-corrected chi connectivity index (χ0v) is 7.91. The normalized spacial score (nSPS) is 10.2. The van der Waals surface area contributed by atoms with Crippen LogP contribution in [0.25, 0.3) is 11.3 Å². The maximum atomic E-state index is 5.05. The highest BCUT2D eigenvalue weighted by molar-refractivity contribution is 7.98. The van der Waals surface area contributed by atoms with Gasteiger partial charge in [-0.25, -0.2) is 0 Å². The first-order chi connectivity index (χ1) is 6.40. The molecule has 2 rings (SSSR count). The van der Waals surface area contributed by atoms with Crippen molar-refractivity contribution in [3.8, 4) is 11.3 Å². The van der Waals surface area contributed by atoms with E-state index in [1.807, 2.05) is 24.5 Å². The van der Waals surface area contributed by atoms with Gasteiger partial charge in [0.1, 0.15) is 5.69 Å². The molecule has 0 aliphatic carbocycles. The number of nitrogens with zero attached hydrogens (tertiary/aromatic N) is 2. The average Bonchev–Trinajstić information content (AvgIpc) is 2.67. The molecule has 0 bridgehead atoms. The molecular weight excluding hydrogens is 184 g/mol. The third-order valence-corrected chi connectivity index (χ3v) is 2.24. The molecule has 0 saturated carbocycles. The van der Waals surface area contributed by atoms with Crippen molar-refractivity contribution in [2.45, 2.75) is 5.09 Å². The van der Waals surface area contributed by atoms with Gasteiger partial charge in [0, 0.05) is 24.0 Å². The highest BCUT2D eigenvalue weighted by Gasteiger charge is 2.04. The van der Waals surface area contributed by atoms with Gasteiger partial charge in [-0.1, -0.05) is 16.9 Å². The molecule has 0 amide bonds. The van der Waals surface area contributed by atoms with Gasteiger partial charge in [-0.15, -0.1) is 0 Å². The number of hydrogen-bond donors (Lipinski definition) is 0. The Hall–Kier alpha value is -1.29. The van der Waals surface area contributed by atoms with E-state index in [1.54, 1.807) is 12.4 Å². The summed E-state index contributed by atoms with van der Waals surface area (Å²) in [4.78, 5) is 4.01. The van der Waals surface area contributed by atoms with Gasteiger partial charge in [-0.2, -0.15) is 0 Å². The number of hydrogen-bond acceptors (Lipinski definition) is 4. The molecule has 66 valence electrons. The molecule has 13 heavy (non-hydrogen) atoms. The summed E-state index contributed by atoms with van der Waals surface area (Å²) in [6.45, 7) is 0. The average molecular weight is 192 g/mol. The molecule has 0 aromatic carbocycles. The van der Waals surface area contributed by atoms with Crippen LogP contribution in [0.1, 0.15) is 0 Å². The quantitative estimate of drug-likeness (QED) is 0.685. The number of pyridine rings is 1. The molecule has 0 N–H and O–H groups in total. The van der Waals surface area contributed by atoms with Crippen molar-refractivity contribution >= 4 is 11.8 Å². The Balaban J connectivity index is 2.36. The van der Waals surface area contributed by atoms with Crippen LogP contribution in [0.5, 0.6) is 0 Å². The van der Waals surface area contributed by atoms with Gasteiger partial charge < -0.3 is 4.52 Å². The van der Waals surface area contributed by atoms with Crippen molar-refractivity contribution in [2.75, 3.05) is 6.26 Å². The van der Waals surface area contributed by atoms with E-state index in [-0.39, 0.29) is 0 Å². The van der Waals surface area contributed by atoms with Crippen LogP contribution in [0.15, 0.2) is 40.2 Å². The van der Waals surface area contributed by atoms with Gasteiger partial charge in [0.25, 0.3) is 0 Å². The second-order valence-electron chi connectivity index (χ2n) is 2.48. The SMILES string of the molecule is CSc1cc(-c2cccnc2)no1. The summed E-state index contributed by atoms with van der Waals surface area (Å²) in [5.41, 5.74) is 1.81. The van der Waals surface area contributed by atoms with Crippen LogP contribution in [0.2, 0.25) is 0 Å². The summed E-state index contributed by atoms with van der Waals surface area (Å²) < 4.78 is 5.05. The van der Waals surface area contributed by atoms with Crippen LogP contribution < -0.4 is 0 Å². The molecule has 3 nitrogen and oxygen atoms in total. The van der Waals surface area contributed by atoms with Gasteiger partial charge in [0.05, 0.1) is 0 Å². The molecular formula is C9H8N2OS. The van der Waals surface area contributed by atoms with Crippen LogP contribution in [-0.2, 0) is 0 Å². The van der Waals surface area contributed by atoms with Crippen LogP contribution in [0.4, 0.5) is 0 Å². The molecule has 0 spiro atoms. The summed E-state index contributed by atoms with van der Waals surface area (Å²) in [6, 6.07) is 5.74. The van der Waals surface area contributed by atoms with E-state index in [0.29, 0.717) is 0 Å². The standard InChI is InChI=1S/C9H8N2OS/c1-13-9-5-8(11-12-9)7-3-2-4-10-6-7/h2-6H,1H3. The first kappa shape index (κ1) is 8.31. The predicted octanol–water partition coefficient (Wildman–Crippen LogP) is 2.46. The third-order valence-electron chi connectivity index (χ3n) is 1.65. The van der Waals surface area contributed by atoms with Gasteiger partial charge in [0.2, 0.25) is 0 Å². The first-order valence-electron chi connectivity index (χ1n) is 3.81. The molecule has 0 radical (unpaired) electrons. The van der Waals surface area contributed by atoms with Crippen molar-refractivity contribution in [1.29, 1.82) is 0 Å². The smallest absolute Gasteiger partial charge is 0.193 e. The van der Waals surface area contributed by atoms with Crippen LogP contribution >= 0.6 is 11.8 Å². The van der Waals surface area contributed by atoms with Gasteiger partial charge in [-0.3, -0.25) is 4.98 Å². The zero-order valence-electron chi connectivity index (χ0n) is 7.10. The summed E-state index contributed by atoms with van der Waals surface area (Å²) in [7, 11) is 0. The maximum Gasteiger partial charge on any atom is 0.193 e. The van der Waals surface area contributed by atoms with E-state index in [2.05, 4.69) is 10.1 Å². The Morgan fingerprint density at radius 1 is 1.46 bits per heavy atom. The Labute approximate surface area is 80.2 Å². The Bertz CT molecular complexity index is 386.